The molecule has 4 saturated carbocycles. The van der Waals surface area contributed by atoms with E-state index in [-0.39, 0.29) is 12.3 Å². The number of carbonyl (C=O) groups is 1. The number of rotatable bonds is 3. The summed E-state index contributed by atoms with van der Waals surface area (Å²) in [7, 11) is 0. The lowest BCUT2D eigenvalue weighted by molar-refractivity contribution is -0.786. The van der Waals surface area contributed by atoms with Crippen molar-refractivity contribution < 1.29 is 19.7 Å². The molecule has 0 aromatic heterocycles. The summed E-state index contributed by atoms with van der Waals surface area (Å²) in [4.78, 5) is 33.0. The molecular formula is C10H10N2O6. The Bertz CT molecular complexity index is 555. The van der Waals surface area contributed by atoms with E-state index in [9.17, 15) is 30.1 Å². The van der Waals surface area contributed by atoms with Crippen molar-refractivity contribution in [3.05, 3.63) is 20.2 Å². The molecule has 8 nitrogen and oxygen atoms in total. The second-order valence-corrected chi connectivity index (χ2v) is 6.18. The van der Waals surface area contributed by atoms with Crippen LogP contribution in [0.3, 0.4) is 0 Å². The first-order valence-corrected chi connectivity index (χ1v) is 5.81. The van der Waals surface area contributed by atoms with Gasteiger partial charge in [-0.25, -0.2) is 0 Å². The van der Waals surface area contributed by atoms with Gasteiger partial charge >= 0.3 is 5.97 Å². The van der Waals surface area contributed by atoms with Crippen LogP contribution >= 0.6 is 0 Å². The van der Waals surface area contributed by atoms with Crippen molar-refractivity contribution in [2.45, 2.75) is 24.4 Å². The Hall–Kier alpha value is -1.73. The number of carboxylic acid groups (broad SMARTS) is 1. The molecule has 7 atom stereocenters. The Morgan fingerprint density at radius 2 is 1.89 bits per heavy atom. The van der Waals surface area contributed by atoms with Gasteiger partial charge in [-0.1, -0.05) is 0 Å². The van der Waals surface area contributed by atoms with Gasteiger partial charge in [-0.2, -0.15) is 0 Å². The number of nitro groups is 2. The van der Waals surface area contributed by atoms with Crippen molar-refractivity contribution in [1.82, 2.24) is 0 Å². The van der Waals surface area contributed by atoms with Crippen molar-refractivity contribution in [2.75, 3.05) is 0 Å². The third-order valence-corrected chi connectivity index (χ3v) is 6.42. The minimum Gasteiger partial charge on any atom is -0.481 e. The zero-order valence-corrected chi connectivity index (χ0v) is 9.40. The maximum atomic E-state index is 11.5. The molecule has 0 heterocycles. The summed E-state index contributed by atoms with van der Waals surface area (Å²) in [6.07, 6.45) is 0.235. The molecule has 0 amide bonds. The minimum absolute atomic E-state index is 0.235. The maximum Gasteiger partial charge on any atom is 0.317 e. The van der Waals surface area contributed by atoms with Crippen LogP contribution in [0.1, 0.15) is 13.3 Å². The van der Waals surface area contributed by atoms with Crippen LogP contribution in [-0.4, -0.2) is 32.0 Å². The zero-order valence-electron chi connectivity index (χ0n) is 9.40. The largest absolute Gasteiger partial charge is 0.481 e. The van der Waals surface area contributed by atoms with Gasteiger partial charge in [0.15, 0.2) is 0 Å². The molecule has 96 valence electrons. The SMILES string of the molecule is CC1([N+](=O)[O-])C2C3CC4(C(=O)O)C1C2C34[N+](=O)[O-]. The molecule has 0 spiro atoms. The Morgan fingerprint density at radius 1 is 1.28 bits per heavy atom. The fourth-order valence-electron chi connectivity index (χ4n) is 6.03. The highest BCUT2D eigenvalue weighted by Crippen LogP contribution is 2.95. The van der Waals surface area contributed by atoms with Gasteiger partial charge in [0.05, 0.1) is 11.8 Å². The molecule has 7 unspecified atom stereocenters. The average Bonchev–Trinajstić information content (AvgIpc) is 2.26. The molecule has 0 saturated heterocycles. The van der Waals surface area contributed by atoms with Gasteiger partial charge in [-0.15, -0.1) is 0 Å². The summed E-state index contributed by atoms with van der Waals surface area (Å²) in [5, 5.41) is 31.8. The molecule has 4 aliphatic carbocycles. The Kier molecular flexibility index (Phi) is 1.21. The quantitative estimate of drug-likeness (QED) is 0.559. The fraction of sp³-hybridized carbons (Fsp3) is 0.900. The fourth-order valence-corrected chi connectivity index (χ4v) is 6.03. The summed E-state index contributed by atoms with van der Waals surface area (Å²) < 4.78 is 0. The molecule has 4 rings (SSSR count). The van der Waals surface area contributed by atoms with Gasteiger partial charge in [0, 0.05) is 28.6 Å². The van der Waals surface area contributed by atoms with E-state index in [0.717, 1.165) is 0 Å². The first-order valence-electron chi connectivity index (χ1n) is 5.81. The highest BCUT2D eigenvalue weighted by atomic mass is 16.6. The topological polar surface area (TPSA) is 124 Å². The van der Waals surface area contributed by atoms with Crippen molar-refractivity contribution in [2.24, 2.45) is 29.1 Å². The van der Waals surface area contributed by atoms with Crippen molar-refractivity contribution in [3.8, 4) is 0 Å². The molecule has 1 N–H and O–H groups in total. The second-order valence-electron chi connectivity index (χ2n) is 6.18. The molecule has 0 aliphatic heterocycles. The van der Waals surface area contributed by atoms with E-state index in [1.54, 1.807) is 0 Å². The lowest BCUT2D eigenvalue weighted by Crippen LogP contribution is -3.07. The molecule has 0 aromatic carbocycles. The minimum atomic E-state index is -1.48. The van der Waals surface area contributed by atoms with Crippen molar-refractivity contribution >= 4 is 5.97 Å². The van der Waals surface area contributed by atoms with Gasteiger partial charge < -0.3 is 5.11 Å². The van der Waals surface area contributed by atoms with E-state index in [2.05, 4.69) is 0 Å². The number of carboxylic acids is 1. The van der Waals surface area contributed by atoms with Crippen LogP contribution in [0.15, 0.2) is 0 Å². The maximum absolute atomic E-state index is 11.5. The zero-order chi connectivity index (χ0) is 13.2. The van der Waals surface area contributed by atoms with Crippen LogP contribution < -0.4 is 0 Å². The number of hydrogen-bond acceptors (Lipinski definition) is 5. The van der Waals surface area contributed by atoms with Crippen molar-refractivity contribution in [1.29, 1.82) is 0 Å². The summed E-state index contributed by atoms with van der Waals surface area (Å²) >= 11 is 0. The van der Waals surface area contributed by atoms with Crippen LogP contribution in [0.5, 0.6) is 0 Å². The lowest BCUT2D eigenvalue weighted by atomic mass is 9.07. The normalized spacial score (nSPS) is 61.2. The van der Waals surface area contributed by atoms with E-state index < -0.39 is 50.1 Å². The number of nitrogens with zero attached hydrogens (tertiary/aromatic N) is 2. The van der Waals surface area contributed by atoms with Gasteiger partial charge in [-0.05, 0) is 6.42 Å². The number of aliphatic carboxylic acids is 1. The van der Waals surface area contributed by atoms with Crippen LogP contribution in [0, 0.1) is 49.3 Å². The molecule has 0 aromatic rings. The standard InChI is InChI=1S/C10H10N2O6/c1-8(11(15)16)4-3-2-9(7(13)14)6(8)5(4)10(3,9)12(17)18/h3-6H,2H2,1H3,(H,13,14). The second kappa shape index (κ2) is 2.12. The van der Waals surface area contributed by atoms with Gasteiger partial charge in [0.2, 0.25) is 11.1 Å². The van der Waals surface area contributed by atoms with Crippen LogP contribution in [-0.2, 0) is 4.79 Å². The molecule has 0 bridgehead atoms. The predicted molar refractivity (Wildman–Crippen MR) is 53.8 cm³/mol. The molecule has 0 radical (unpaired) electrons. The smallest absolute Gasteiger partial charge is 0.317 e. The Morgan fingerprint density at radius 3 is 2.28 bits per heavy atom. The third-order valence-electron chi connectivity index (χ3n) is 6.42. The molecule has 8 heteroatoms. The van der Waals surface area contributed by atoms with Gasteiger partial charge in [0.1, 0.15) is 5.41 Å². The number of hydrogen-bond donors (Lipinski definition) is 1. The molecule has 4 fully saturated rings. The molecular weight excluding hydrogens is 244 g/mol. The first-order chi connectivity index (χ1) is 8.29. The van der Waals surface area contributed by atoms with E-state index >= 15 is 0 Å². The number of fused-ring (bicyclic) bond motifs is 2. The lowest BCUT2D eigenvalue weighted by Gasteiger charge is -2.89. The van der Waals surface area contributed by atoms with E-state index in [1.165, 1.54) is 6.92 Å². The Labute approximate surface area is 100 Å². The van der Waals surface area contributed by atoms with E-state index in [1.807, 2.05) is 0 Å². The van der Waals surface area contributed by atoms with Crippen LogP contribution in [0.2, 0.25) is 0 Å². The third kappa shape index (κ3) is 0.481. The van der Waals surface area contributed by atoms with Crippen LogP contribution in [0.4, 0.5) is 0 Å². The highest BCUT2D eigenvalue weighted by molar-refractivity contribution is 5.85. The Balaban J connectivity index is 1.87. The van der Waals surface area contributed by atoms with Crippen molar-refractivity contribution in [3.63, 3.8) is 0 Å². The molecule has 4 aliphatic rings. The van der Waals surface area contributed by atoms with E-state index in [0.29, 0.717) is 0 Å². The van der Waals surface area contributed by atoms with Gasteiger partial charge in [0.25, 0.3) is 0 Å². The van der Waals surface area contributed by atoms with E-state index in [4.69, 9.17) is 0 Å². The summed E-state index contributed by atoms with van der Waals surface area (Å²) in [6, 6.07) is 0. The highest BCUT2D eigenvalue weighted by Gasteiger charge is 3.12. The predicted octanol–water partition coefficient (Wildman–Crippen LogP) is 0.0176. The first kappa shape index (κ1) is 10.2. The van der Waals surface area contributed by atoms with Gasteiger partial charge in [-0.3, -0.25) is 25.0 Å². The average molecular weight is 254 g/mol. The molecule has 18 heavy (non-hydrogen) atoms. The monoisotopic (exact) mass is 254 g/mol. The van der Waals surface area contributed by atoms with Crippen LogP contribution in [0.25, 0.3) is 0 Å². The summed E-state index contributed by atoms with van der Waals surface area (Å²) in [5.74, 6) is -3.02. The summed E-state index contributed by atoms with van der Waals surface area (Å²) in [6.45, 7) is 1.45. The summed E-state index contributed by atoms with van der Waals surface area (Å²) in [5.41, 5.74) is -4.14.